The van der Waals surface area contributed by atoms with Gasteiger partial charge in [-0.3, -0.25) is 0 Å². The van der Waals surface area contributed by atoms with Crippen molar-refractivity contribution >= 4 is 9.84 Å². The molecule has 0 fully saturated rings. The summed E-state index contributed by atoms with van der Waals surface area (Å²) in [6.45, 7) is 2.41. The lowest BCUT2D eigenvalue weighted by atomic mass is 10.3. The monoisotopic (exact) mass is 252 g/mol. The highest BCUT2D eigenvalue weighted by molar-refractivity contribution is 7.91. The Morgan fingerprint density at radius 2 is 1.94 bits per heavy atom. The molecule has 3 nitrogen and oxygen atoms in total. The first-order chi connectivity index (χ1) is 8.17. The summed E-state index contributed by atoms with van der Waals surface area (Å²) >= 11 is 0. The molecule has 0 radical (unpaired) electrons. The average Bonchev–Trinajstić information content (AvgIpc) is 2.35. The van der Waals surface area contributed by atoms with E-state index in [1.54, 1.807) is 30.3 Å². The van der Waals surface area contributed by atoms with Gasteiger partial charge in [-0.25, -0.2) is 8.42 Å². The van der Waals surface area contributed by atoms with Crippen molar-refractivity contribution in [3.8, 4) is 12.0 Å². The van der Waals surface area contributed by atoms with Crippen molar-refractivity contribution in [1.82, 2.24) is 0 Å². The van der Waals surface area contributed by atoms with Gasteiger partial charge < -0.3 is 4.74 Å². The van der Waals surface area contributed by atoms with E-state index in [4.69, 9.17) is 4.74 Å². The highest BCUT2D eigenvalue weighted by Crippen LogP contribution is 2.11. The average molecular weight is 252 g/mol. The third kappa shape index (κ3) is 4.92. The highest BCUT2D eigenvalue weighted by atomic mass is 32.2. The lowest BCUT2D eigenvalue weighted by Gasteiger charge is -2.01. The molecule has 0 aliphatic carbocycles. The van der Waals surface area contributed by atoms with E-state index in [9.17, 15) is 8.42 Å². The Hall–Kier alpha value is -1.47. The molecule has 92 valence electrons. The van der Waals surface area contributed by atoms with Crippen LogP contribution in [-0.2, 0) is 14.6 Å². The standard InChI is InChI=1S/C13H16O3S/c1-2-16-11-7-4-8-12-17(14,15)13-9-5-3-6-10-13/h3,5-6,9-10H,2,4,8,12H2,1H3. The first kappa shape index (κ1) is 13.6. The predicted octanol–water partition coefficient (Wildman–Crippen LogP) is 2.24. The van der Waals surface area contributed by atoms with Crippen LogP contribution in [0, 0.1) is 12.0 Å². The molecule has 0 aliphatic heterocycles. The summed E-state index contributed by atoms with van der Waals surface area (Å²) in [5, 5.41) is 0. The van der Waals surface area contributed by atoms with Gasteiger partial charge in [0.05, 0.1) is 17.3 Å². The number of benzene rings is 1. The number of hydrogen-bond acceptors (Lipinski definition) is 3. The van der Waals surface area contributed by atoms with Gasteiger partial charge in [-0.2, -0.15) is 0 Å². The molecule has 0 heterocycles. The van der Waals surface area contributed by atoms with E-state index in [1.165, 1.54) is 0 Å². The lowest BCUT2D eigenvalue weighted by Crippen LogP contribution is -2.06. The Balaban J connectivity index is 2.45. The van der Waals surface area contributed by atoms with Crippen molar-refractivity contribution in [2.45, 2.75) is 24.7 Å². The molecule has 4 heteroatoms. The van der Waals surface area contributed by atoms with Crippen molar-refractivity contribution in [1.29, 1.82) is 0 Å². The van der Waals surface area contributed by atoms with Crippen LogP contribution in [0.3, 0.4) is 0 Å². The normalized spacial score (nSPS) is 10.4. The SMILES string of the molecule is CCOC#CCCCS(=O)(=O)c1ccccc1. The number of hydrogen-bond donors (Lipinski definition) is 0. The first-order valence-corrected chi connectivity index (χ1v) is 7.19. The summed E-state index contributed by atoms with van der Waals surface area (Å²) in [6, 6.07) is 8.47. The summed E-state index contributed by atoms with van der Waals surface area (Å²) < 4.78 is 28.5. The molecule has 1 aromatic rings. The van der Waals surface area contributed by atoms with E-state index in [0.717, 1.165) is 0 Å². The van der Waals surface area contributed by atoms with Crippen molar-refractivity contribution in [2.75, 3.05) is 12.4 Å². The molecule has 0 N–H and O–H groups in total. The van der Waals surface area contributed by atoms with Crippen LogP contribution < -0.4 is 0 Å². The van der Waals surface area contributed by atoms with E-state index >= 15 is 0 Å². The Bertz CT molecular complexity index is 480. The quantitative estimate of drug-likeness (QED) is 0.596. The maximum absolute atomic E-state index is 11.8. The third-order valence-electron chi connectivity index (χ3n) is 2.11. The van der Waals surface area contributed by atoms with Gasteiger partial charge in [0.15, 0.2) is 9.84 Å². The second kappa shape index (κ2) is 6.97. The van der Waals surface area contributed by atoms with Crippen LogP contribution in [0.15, 0.2) is 35.2 Å². The summed E-state index contributed by atoms with van der Waals surface area (Å²) in [4.78, 5) is 0.373. The third-order valence-corrected chi connectivity index (χ3v) is 3.92. The zero-order chi connectivity index (χ0) is 12.6. The van der Waals surface area contributed by atoms with Crippen LogP contribution in [0.2, 0.25) is 0 Å². The summed E-state index contributed by atoms with van der Waals surface area (Å²) in [7, 11) is -3.16. The smallest absolute Gasteiger partial charge is 0.178 e. The largest absolute Gasteiger partial charge is 0.447 e. The van der Waals surface area contributed by atoms with Crippen LogP contribution in [0.4, 0.5) is 0 Å². The minimum Gasteiger partial charge on any atom is -0.447 e. The molecule has 0 aliphatic rings. The molecule has 0 aromatic heterocycles. The Morgan fingerprint density at radius 3 is 2.59 bits per heavy atom. The molecule has 0 atom stereocenters. The maximum atomic E-state index is 11.8. The molecule has 0 saturated carbocycles. The van der Waals surface area contributed by atoms with Crippen molar-refractivity contribution in [3.05, 3.63) is 30.3 Å². The van der Waals surface area contributed by atoms with E-state index < -0.39 is 9.84 Å². The second-order valence-corrected chi connectivity index (χ2v) is 5.56. The van der Waals surface area contributed by atoms with Gasteiger partial charge >= 0.3 is 0 Å². The van der Waals surface area contributed by atoms with E-state index in [0.29, 0.717) is 24.3 Å². The molecule has 0 saturated heterocycles. The van der Waals surface area contributed by atoms with E-state index in [2.05, 4.69) is 12.0 Å². The molecule has 0 amide bonds. The molecular weight excluding hydrogens is 236 g/mol. The van der Waals surface area contributed by atoms with Crippen LogP contribution >= 0.6 is 0 Å². The molecule has 0 bridgehead atoms. The molecule has 17 heavy (non-hydrogen) atoms. The van der Waals surface area contributed by atoms with Gasteiger partial charge in [0, 0.05) is 6.42 Å². The maximum Gasteiger partial charge on any atom is 0.178 e. The van der Waals surface area contributed by atoms with Gasteiger partial charge in [0.1, 0.15) is 6.11 Å². The predicted molar refractivity (Wildman–Crippen MR) is 67.1 cm³/mol. The lowest BCUT2D eigenvalue weighted by molar-refractivity contribution is 0.298. The zero-order valence-corrected chi connectivity index (χ0v) is 10.7. The van der Waals surface area contributed by atoms with Gasteiger partial charge in [-0.05, 0) is 25.5 Å². The Kier molecular flexibility index (Phi) is 5.58. The molecular formula is C13H16O3S. The molecule has 1 aromatic carbocycles. The van der Waals surface area contributed by atoms with E-state index in [-0.39, 0.29) is 5.75 Å². The summed E-state index contributed by atoms with van der Waals surface area (Å²) in [5.41, 5.74) is 0. The molecule has 1 rings (SSSR count). The van der Waals surface area contributed by atoms with Crippen LogP contribution in [0.1, 0.15) is 19.8 Å². The minimum absolute atomic E-state index is 0.123. The number of sulfone groups is 1. The minimum atomic E-state index is -3.16. The summed E-state index contributed by atoms with van der Waals surface area (Å²) in [5.74, 6) is 2.90. The van der Waals surface area contributed by atoms with Crippen LogP contribution in [0.5, 0.6) is 0 Å². The van der Waals surface area contributed by atoms with Gasteiger partial charge in [0.25, 0.3) is 0 Å². The fraction of sp³-hybridized carbons (Fsp3) is 0.385. The number of rotatable bonds is 5. The van der Waals surface area contributed by atoms with Crippen molar-refractivity contribution < 1.29 is 13.2 Å². The Labute approximate surface area is 103 Å². The van der Waals surface area contributed by atoms with E-state index in [1.807, 2.05) is 6.92 Å². The number of ether oxygens (including phenoxy) is 1. The van der Waals surface area contributed by atoms with Crippen LogP contribution in [0.25, 0.3) is 0 Å². The molecule has 0 unspecified atom stereocenters. The van der Waals surface area contributed by atoms with Gasteiger partial charge in [0.2, 0.25) is 0 Å². The topological polar surface area (TPSA) is 43.4 Å². The van der Waals surface area contributed by atoms with Crippen molar-refractivity contribution in [3.63, 3.8) is 0 Å². The van der Waals surface area contributed by atoms with Gasteiger partial charge in [-0.1, -0.05) is 24.1 Å². The first-order valence-electron chi connectivity index (χ1n) is 5.54. The summed E-state index contributed by atoms with van der Waals surface area (Å²) in [6.07, 6.45) is 3.58. The second-order valence-electron chi connectivity index (χ2n) is 3.45. The Morgan fingerprint density at radius 1 is 1.24 bits per heavy atom. The number of unbranched alkanes of at least 4 members (excludes halogenated alkanes) is 1. The fourth-order valence-electron chi connectivity index (χ4n) is 1.27. The molecule has 0 spiro atoms. The highest BCUT2D eigenvalue weighted by Gasteiger charge is 2.12. The zero-order valence-electron chi connectivity index (χ0n) is 9.85. The van der Waals surface area contributed by atoms with Crippen LogP contribution in [-0.4, -0.2) is 20.8 Å². The fourth-order valence-corrected chi connectivity index (χ4v) is 2.60. The van der Waals surface area contributed by atoms with Crippen molar-refractivity contribution in [2.24, 2.45) is 0 Å². The van der Waals surface area contributed by atoms with Gasteiger partial charge in [-0.15, -0.1) is 0 Å².